The van der Waals surface area contributed by atoms with Crippen LogP contribution in [-0.2, 0) is 9.59 Å². The first-order valence-corrected chi connectivity index (χ1v) is 7.40. The first-order chi connectivity index (χ1) is 9.15. The monoisotopic (exact) mass is 267 g/mol. The summed E-state index contributed by atoms with van der Waals surface area (Å²) < 4.78 is 0. The van der Waals surface area contributed by atoms with Gasteiger partial charge >= 0.3 is 0 Å². The van der Waals surface area contributed by atoms with Gasteiger partial charge in [-0.05, 0) is 38.1 Å². The molecule has 2 N–H and O–H groups in total. The second kappa shape index (κ2) is 6.89. The van der Waals surface area contributed by atoms with E-state index in [0.717, 1.165) is 45.4 Å². The van der Waals surface area contributed by atoms with Gasteiger partial charge in [-0.15, -0.1) is 0 Å². The number of rotatable bonds is 4. The van der Waals surface area contributed by atoms with Crippen LogP contribution in [0.5, 0.6) is 0 Å². The Morgan fingerprint density at radius 2 is 2.00 bits per heavy atom. The van der Waals surface area contributed by atoms with Gasteiger partial charge in [-0.1, -0.05) is 0 Å². The van der Waals surface area contributed by atoms with Gasteiger partial charge in [0.25, 0.3) is 0 Å². The average molecular weight is 267 g/mol. The summed E-state index contributed by atoms with van der Waals surface area (Å²) in [5.74, 6) is 0.848. The van der Waals surface area contributed by atoms with E-state index in [1.54, 1.807) is 6.92 Å². The Balaban J connectivity index is 1.67. The zero-order valence-corrected chi connectivity index (χ0v) is 11.8. The van der Waals surface area contributed by atoms with Gasteiger partial charge in [0.2, 0.25) is 11.8 Å². The molecule has 0 radical (unpaired) electrons. The molecule has 2 saturated heterocycles. The van der Waals surface area contributed by atoms with Gasteiger partial charge in [0.15, 0.2) is 0 Å². The quantitative estimate of drug-likeness (QED) is 0.780. The van der Waals surface area contributed by atoms with Crippen LogP contribution in [0.3, 0.4) is 0 Å². The Morgan fingerprint density at radius 3 is 2.58 bits per heavy atom. The SMILES string of the molecule is CC(=O)NCC1CCN(C(=O)CC2CCCN2)CC1. The van der Waals surface area contributed by atoms with Gasteiger partial charge in [0.05, 0.1) is 0 Å². The second-order valence-corrected chi connectivity index (χ2v) is 5.76. The lowest BCUT2D eigenvalue weighted by molar-refractivity contribution is -0.133. The third kappa shape index (κ3) is 4.49. The van der Waals surface area contributed by atoms with Crippen molar-refractivity contribution in [3.05, 3.63) is 0 Å². The topological polar surface area (TPSA) is 61.4 Å². The third-order valence-electron chi connectivity index (χ3n) is 4.19. The average Bonchev–Trinajstić information content (AvgIpc) is 2.89. The van der Waals surface area contributed by atoms with E-state index in [4.69, 9.17) is 0 Å². The minimum Gasteiger partial charge on any atom is -0.356 e. The van der Waals surface area contributed by atoms with Crippen molar-refractivity contribution in [2.45, 2.75) is 45.1 Å². The van der Waals surface area contributed by atoms with Crippen molar-refractivity contribution in [2.24, 2.45) is 5.92 Å². The van der Waals surface area contributed by atoms with Crippen LogP contribution in [-0.4, -0.2) is 48.9 Å². The van der Waals surface area contributed by atoms with Crippen molar-refractivity contribution in [1.29, 1.82) is 0 Å². The molecule has 2 aliphatic heterocycles. The first-order valence-electron chi connectivity index (χ1n) is 7.40. The van der Waals surface area contributed by atoms with Gasteiger partial charge in [-0.25, -0.2) is 0 Å². The van der Waals surface area contributed by atoms with E-state index in [-0.39, 0.29) is 11.8 Å². The second-order valence-electron chi connectivity index (χ2n) is 5.76. The molecular formula is C14H25N3O2. The minimum absolute atomic E-state index is 0.0332. The molecular weight excluding hydrogens is 242 g/mol. The molecule has 2 amide bonds. The maximum Gasteiger partial charge on any atom is 0.224 e. The fourth-order valence-corrected chi connectivity index (χ4v) is 2.95. The van der Waals surface area contributed by atoms with Crippen LogP contribution in [0.1, 0.15) is 39.0 Å². The molecule has 0 bridgehead atoms. The van der Waals surface area contributed by atoms with Crippen molar-refractivity contribution >= 4 is 11.8 Å². The van der Waals surface area contributed by atoms with Gasteiger partial charge < -0.3 is 15.5 Å². The van der Waals surface area contributed by atoms with Crippen molar-refractivity contribution in [3.8, 4) is 0 Å². The summed E-state index contributed by atoms with van der Waals surface area (Å²) in [6.07, 6.45) is 4.98. The van der Waals surface area contributed by atoms with Crippen molar-refractivity contribution in [2.75, 3.05) is 26.2 Å². The number of carbonyl (C=O) groups is 2. The molecule has 0 aromatic carbocycles. The largest absolute Gasteiger partial charge is 0.356 e. The number of hydrogen-bond donors (Lipinski definition) is 2. The summed E-state index contributed by atoms with van der Waals surface area (Å²) in [7, 11) is 0. The number of likely N-dealkylation sites (tertiary alicyclic amines) is 1. The molecule has 1 atom stereocenters. The molecule has 19 heavy (non-hydrogen) atoms. The number of piperidine rings is 1. The molecule has 0 aliphatic carbocycles. The van der Waals surface area contributed by atoms with Gasteiger partial charge in [-0.2, -0.15) is 0 Å². The Bertz CT molecular complexity index is 319. The van der Waals surface area contributed by atoms with Crippen molar-refractivity contribution in [1.82, 2.24) is 15.5 Å². The molecule has 0 aromatic heterocycles. The molecule has 1 unspecified atom stereocenters. The maximum absolute atomic E-state index is 12.1. The molecule has 2 heterocycles. The van der Waals surface area contributed by atoms with E-state index in [9.17, 15) is 9.59 Å². The van der Waals surface area contributed by atoms with E-state index < -0.39 is 0 Å². The van der Waals surface area contributed by atoms with E-state index in [1.807, 2.05) is 4.90 Å². The van der Waals surface area contributed by atoms with Crippen molar-refractivity contribution in [3.63, 3.8) is 0 Å². The van der Waals surface area contributed by atoms with Crippen LogP contribution in [0.15, 0.2) is 0 Å². The maximum atomic E-state index is 12.1. The zero-order valence-electron chi connectivity index (χ0n) is 11.8. The highest BCUT2D eigenvalue weighted by Crippen LogP contribution is 2.18. The smallest absolute Gasteiger partial charge is 0.224 e. The normalized spacial score (nSPS) is 24.5. The van der Waals surface area contributed by atoms with E-state index >= 15 is 0 Å². The minimum atomic E-state index is 0.0332. The number of hydrogen-bond acceptors (Lipinski definition) is 3. The van der Waals surface area contributed by atoms with Crippen LogP contribution < -0.4 is 10.6 Å². The predicted molar refractivity (Wildman–Crippen MR) is 73.6 cm³/mol. The molecule has 5 heteroatoms. The Kier molecular flexibility index (Phi) is 5.19. The number of amides is 2. The van der Waals surface area contributed by atoms with E-state index in [0.29, 0.717) is 18.4 Å². The highest BCUT2D eigenvalue weighted by atomic mass is 16.2. The zero-order chi connectivity index (χ0) is 13.7. The number of carbonyl (C=O) groups excluding carboxylic acids is 2. The Labute approximate surface area is 115 Å². The summed E-state index contributed by atoms with van der Waals surface area (Å²) in [5.41, 5.74) is 0. The Morgan fingerprint density at radius 1 is 1.26 bits per heavy atom. The van der Waals surface area contributed by atoms with E-state index in [1.165, 1.54) is 6.42 Å². The van der Waals surface area contributed by atoms with Crippen LogP contribution in [0, 0.1) is 5.92 Å². The number of nitrogens with one attached hydrogen (secondary N) is 2. The van der Waals surface area contributed by atoms with Gasteiger partial charge in [0.1, 0.15) is 0 Å². The summed E-state index contributed by atoms with van der Waals surface area (Å²) >= 11 is 0. The molecule has 108 valence electrons. The summed E-state index contributed by atoms with van der Waals surface area (Å²) in [4.78, 5) is 25.0. The summed E-state index contributed by atoms with van der Waals surface area (Å²) in [6, 6.07) is 0.393. The molecule has 2 fully saturated rings. The standard InChI is InChI=1S/C14H25N3O2/c1-11(18)16-10-12-4-7-17(8-5-12)14(19)9-13-3-2-6-15-13/h12-13,15H,2-10H2,1H3,(H,16,18). The lowest BCUT2D eigenvalue weighted by Crippen LogP contribution is -2.43. The lowest BCUT2D eigenvalue weighted by Gasteiger charge is -2.32. The third-order valence-corrected chi connectivity index (χ3v) is 4.19. The lowest BCUT2D eigenvalue weighted by atomic mass is 9.96. The molecule has 5 nitrogen and oxygen atoms in total. The highest BCUT2D eigenvalue weighted by Gasteiger charge is 2.25. The molecule has 2 rings (SSSR count). The summed E-state index contributed by atoms with van der Waals surface area (Å²) in [6.45, 7) is 5.04. The first kappa shape index (κ1) is 14.3. The van der Waals surface area contributed by atoms with Crippen molar-refractivity contribution < 1.29 is 9.59 Å². The van der Waals surface area contributed by atoms with E-state index in [2.05, 4.69) is 10.6 Å². The van der Waals surface area contributed by atoms with Gasteiger partial charge in [-0.3, -0.25) is 9.59 Å². The van der Waals surface area contributed by atoms with Crippen LogP contribution in [0.4, 0.5) is 0 Å². The summed E-state index contributed by atoms with van der Waals surface area (Å²) in [5, 5.41) is 6.24. The molecule has 2 aliphatic rings. The number of nitrogens with zero attached hydrogens (tertiary/aromatic N) is 1. The fourth-order valence-electron chi connectivity index (χ4n) is 2.95. The van der Waals surface area contributed by atoms with Crippen LogP contribution in [0.25, 0.3) is 0 Å². The van der Waals surface area contributed by atoms with Crippen LogP contribution >= 0.6 is 0 Å². The fraction of sp³-hybridized carbons (Fsp3) is 0.857. The van der Waals surface area contributed by atoms with Crippen LogP contribution in [0.2, 0.25) is 0 Å². The highest BCUT2D eigenvalue weighted by molar-refractivity contribution is 5.77. The Hall–Kier alpha value is -1.10. The molecule has 0 spiro atoms. The molecule has 0 aromatic rings. The molecule has 0 saturated carbocycles. The van der Waals surface area contributed by atoms with Gasteiger partial charge in [0, 0.05) is 39.0 Å². The predicted octanol–water partition coefficient (Wildman–Crippen LogP) is 0.503.